The van der Waals surface area contributed by atoms with E-state index in [0.717, 1.165) is 0 Å². The molecular formula is C13H11F3N6O. The molecule has 0 fully saturated rings. The first-order valence-electron chi connectivity index (χ1n) is 6.32. The predicted molar refractivity (Wildman–Crippen MR) is 73.5 cm³/mol. The van der Waals surface area contributed by atoms with Crippen LogP contribution in [0.1, 0.15) is 11.4 Å². The van der Waals surface area contributed by atoms with E-state index < -0.39 is 12.8 Å². The minimum Gasteiger partial charge on any atom is -0.367 e. The van der Waals surface area contributed by atoms with Crippen molar-refractivity contribution in [2.24, 2.45) is 0 Å². The summed E-state index contributed by atoms with van der Waals surface area (Å²) in [6.45, 7) is -1.42. The number of hydrogen-bond acceptors (Lipinski definition) is 6. The molecule has 10 heteroatoms. The van der Waals surface area contributed by atoms with Crippen molar-refractivity contribution < 1.29 is 17.9 Å². The number of aromatic nitrogens is 4. The quantitative estimate of drug-likeness (QED) is 0.791. The zero-order valence-electron chi connectivity index (χ0n) is 11.6. The molecular weight excluding hydrogens is 313 g/mol. The number of anilines is 1. The molecule has 1 aromatic carbocycles. The Morgan fingerprint density at radius 2 is 2.09 bits per heavy atom. The van der Waals surface area contributed by atoms with Gasteiger partial charge in [-0.3, -0.25) is 0 Å². The number of alkyl halides is 3. The van der Waals surface area contributed by atoms with Gasteiger partial charge < -0.3 is 10.1 Å². The van der Waals surface area contributed by atoms with Crippen LogP contribution < -0.4 is 5.32 Å². The summed E-state index contributed by atoms with van der Waals surface area (Å²) >= 11 is 0. The van der Waals surface area contributed by atoms with Crippen molar-refractivity contribution in [3.05, 3.63) is 41.9 Å². The summed E-state index contributed by atoms with van der Waals surface area (Å²) in [5.41, 5.74) is 1.42. The number of aromatic amines is 1. The highest BCUT2D eigenvalue weighted by Gasteiger charge is 2.27. The van der Waals surface area contributed by atoms with Gasteiger partial charge in [-0.25, -0.2) is 0 Å². The van der Waals surface area contributed by atoms with E-state index in [-0.39, 0.29) is 18.0 Å². The Morgan fingerprint density at radius 1 is 1.35 bits per heavy atom. The van der Waals surface area contributed by atoms with Crippen LogP contribution in [-0.4, -0.2) is 33.4 Å². The van der Waals surface area contributed by atoms with Crippen LogP contribution in [0.15, 0.2) is 30.5 Å². The first-order valence-corrected chi connectivity index (χ1v) is 6.32. The Labute approximate surface area is 128 Å². The van der Waals surface area contributed by atoms with Crippen LogP contribution in [0.5, 0.6) is 0 Å². The maximum atomic E-state index is 12.0. The van der Waals surface area contributed by atoms with Crippen LogP contribution in [-0.2, 0) is 11.3 Å². The minimum atomic E-state index is -4.34. The number of H-pyrrole nitrogens is 1. The maximum Gasteiger partial charge on any atom is 0.411 e. The molecule has 0 saturated carbocycles. The van der Waals surface area contributed by atoms with Gasteiger partial charge in [0.2, 0.25) is 5.82 Å². The lowest BCUT2D eigenvalue weighted by Gasteiger charge is -2.08. The summed E-state index contributed by atoms with van der Waals surface area (Å²) in [6.07, 6.45) is -2.94. The molecule has 0 radical (unpaired) electrons. The van der Waals surface area contributed by atoms with Crippen LogP contribution in [0.3, 0.4) is 0 Å². The molecule has 0 saturated heterocycles. The highest BCUT2D eigenvalue weighted by Crippen LogP contribution is 2.17. The standard InChI is InChI=1S/C13H11F3N6O/c14-13(15,16)8-23-7-9-1-3-11(4-2-9)18-6-10(5-17)12-19-21-22-20-12/h1-4,6,18H,7-8H2,(H,19,20,21,22). The van der Waals surface area contributed by atoms with E-state index in [2.05, 4.69) is 30.7 Å². The van der Waals surface area contributed by atoms with E-state index in [1.165, 1.54) is 6.20 Å². The number of tetrazole rings is 1. The third-order valence-electron chi connectivity index (χ3n) is 2.58. The SMILES string of the molecule is N#CC(=CNc1ccc(COCC(F)(F)F)cc1)c1nn[nH]n1. The normalized spacial score (nSPS) is 12.0. The molecule has 0 aliphatic heterocycles. The number of benzene rings is 1. The summed E-state index contributed by atoms with van der Waals surface area (Å²) in [6, 6.07) is 8.44. The summed E-state index contributed by atoms with van der Waals surface area (Å²) in [5.74, 6) is 0.150. The van der Waals surface area contributed by atoms with Crippen LogP contribution in [0.25, 0.3) is 5.57 Å². The number of rotatable bonds is 6. The largest absolute Gasteiger partial charge is 0.411 e. The average molecular weight is 324 g/mol. The van der Waals surface area contributed by atoms with Gasteiger partial charge in [0.1, 0.15) is 18.2 Å². The monoisotopic (exact) mass is 324 g/mol. The third-order valence-corrected chi connectivity index (χ3v) is 2.58. The van der Waals surface area contributed by atoms with E-state index in [1.807, 2.05) is 6.07 Å². The molecule has 2 rings (SSSR count). The fraction of sp³-hybridized carbons (Fsp3) is 0.231. The number of nitrogens with one attached hydrogen (secondary N) is 2. The zero-order chi connectivity index (χ0) is 16.7. The lowest BCUT2D eigenvalue weighted by molar-refractivity contribution is -0.176. The van der Waals surface area contributed by atoms with Crippen molar-refractivity contribution in [2.75, 3.05) is 11.9 Å². The summed E-state index contributed by atoms with van der Waals surface area (Å²) in [4.78, 5) is 0. The molecule has 0 aliphatic carbocycles. The van der Waals surface area contributed by atoms with Crippen LogP contribution in [0, 0.1) is 11.3 Å². The van der Waals surface area contributed by atoms with Crippen LogP contribution >= 0.6 is 0 Å². The van der Waals surface area contributed by atoms with Gasteiger partial charge in [0.15, 0.2) is 0 Å². The number of nitriles is 1. The number of hydrogen-bond donors (Lipinski definition) is 2. The van der Waals surface area contributed by atoms with Gasteiger partial charge in [0, 0.05) is 11.9 Å². The Kier molecular flexibility index (Phi) is 5.27. The highest BCUT2D eigenvalue weighted by atomic mass is 19.4. The fourth-order valence-electron chi connectivity index (χ4n) is 1.56. The molecule has 120 valence electrons. The van der Waals surface area contributed by atoms with Crippen molar-refractivity contribution in [3.63, 3.8) is 0 Å². The van der Waals surface area contributed by atoms with Crippen LogP contribution in [0.4, 0.5) is 18.9 Å². The molecule has 0 spiro atoms. The van der Waals surface area contributed by atoms with E-state index in [1.54, 1.807) is 24.3 Å². The van der Waals surface area contributed by atoms with Gasteiger partial charge in [0.25, 0.3) is 0 Å². The Balaban J connectivity index is 1.91. The molecule has 0 atom stereocenters. The lowest BCUT2D eigenvalue weighted by atomic mass is 10.2. The molecule has 7 nitrogen and oxygen atoms in total. The van der Waals surface area contributed by atoms with Crippen molar-refractivity contribution in [1.29, 1.82) is 5.26 Å². The van der Waals surface area contributed by atoms with Gasteiger partial charge in [-0.15, -0.1) is 10.2 Å². The summed E-state index contributed by atoms with van der Waals surface area (Å²) in [5, 5.41) is 24.8. The Hall–Kier alpha value is -2.93. The molecule has 2 aromatic rings. The molecule has 0 amide bonds. The van der Waals surface area contributed by atoms with Gasteiger partial charge in [0.05, 0.1) is 6.61 Å². The molecule has 0 unspecified atom stereocenters. The molecule has 1 heterocycles. The second-order valence-corrected chi connectivity index (χ2v) is 4.35. The fourth-order valence-corrected chi connectivity index (χ4v) is 1.56. The Bertz CT molecular complexity index is 688. The predicted octanol–water partition coefficient (Wildman–Crippen LogP) is 2.26. The van der Waals surface area contributed by atoms with Gasteiger partial charge in [-0.1, -0.05) is 12.1 Å². The highest BCUT2D eigenvalue weighted by molar-refractivity contribution is 5.73. The summed E-state index contributed by atoms with van der Waals surface area (Å²) in [7, 11) is 0. The topological polar surface area (TPSA) is 99.5 Å². The molecule has 0 bridgehead atoms. The molecule has 23 heavy (non-hydrogen) atoms. The Morgan fingerprint density at radius 3 is 2.65 bits per heavy atom. The van der Waals surface area contributed by atoms with E-state index in [9.17, 15) is 13.2 Å². The smallest absolute Gasteiger partial charge is 0.367 e. The van der Waals surface area contributed by atoms with Crippen molar-refractivity contribution in [2.45, 2.75) is 12.8 Å². The van der Waals surface area contributed by atoms with Crippen molar-refractivity contribution >= 4 is 11.3 Å². The zero-order valence-corrected chi connectivity index (χ0v) is 11.6. The molecule has 2 N–H and O–H groups in total. The maximum absolute atomic E-state index is 12.0. The minimum absolute atomic E-state index is 0.137. The van der Waals surface area contributed by atoms with Crippen molar-refractivity contribution in [1.82, 2.24) is 20.6 Å². The molecule has 1 aromatic heterocycles. The van der Waals surface area contributed by atoms with Gasteiger partial charge in [-0.2, -0.15) is 23.6 Å². The molecule has 0 aliphatic rings. The van der Waals surface area contributed by atoms with Crippen LogP contribution in [0.2, 0.25) is 0 Å². The van der Waals surface area contributed by atoms with E-state index in [0.29, 0.717) is 11.3 Å². The number of halogens is 3. The van der Waals surface area contributed by atoms with Gasteiger partial charge in [-0.05, 0) is 22.9 Å². The van der Waals surface area contributed by atoms with E-state index >= 15 is 0 Å². The first-order chi connectivity index (χ1) is 11.0. The summed E-state index contributed by atoms with van der Waals surface area (Å²) < 4.78 is 40.5. The second-order valence-electron chi connectivity index (χ2n) is 4.35. The first kappa shape index (κ1) is 16.4. The third kappa shape index (κ3) is 5.40. The van der Waals surface area contributed by atoms with E-state index in [4.69, 9.17) is 5.26 Å². The number of nitrogens with zero attached hydrogens (tertiary/aromatic N) is 4. The number of allylic oxidation sites excluding steroid dienone is 1. The average Bonchev–Trinajstić information content (AvgIpc) is 3.02. The second kappa shape index (κ2) is 7.37. The van der Waals surface area contributed by atoms with Crippen molar-refractivity contribution in [3.8, 4) is 6.07 Å². The lowest BCUT2D eigenvalue weighted by Crippen LogP contribution is -2.16. The number of ether oxygens (including phenoxy) is 1. The van der Waals surface area contributed by atoms with Gasteiger partial charge >= 0.3 is 6.18 Å².